The number of fused-ring (bicyclic) bond motifs is 5. The van der Waals surface area contributed by atoms with Gasteiger partial charge in [-0.05, 0) is 113 Å². The number of benzene rings is 11. The fourth-order valence-electron chi connectivity index (χ4n) is 9.17. The van der Waals surface area contributed by atoms with Crippen molar-refractivity contribution in [2.24, 2.45) is 0 Å². The molecule has 59 heavy (non-hydrogen) atoms. The highest BCUT2D eigenvalue weighted by Crippen LogP contribution is 2.48. The van der Waals surface area contributed by atoms with E-state index in [1.54, 1.807) is 0 Å². The molecule has 0 spiro atoms. The summed E-state index contributed by atoms with van der Waals surface area (Å²) in [5, 5.41) is 9.86. The summed E-state index contributed by atoms with van der Waals surface area (Å²) >= 11 is 0. The van der Waals surface area contributed by atoms with Crippen molar-refractivity contribution in [1.29, 1.82) is 0 Å². The van der Waals surface area contributed by atoms with Crippen molar-refractivity contribution < 1.29 is 0 Å². The van der Waals surface area contributed by atoms with E-state index >= 15 is 0 Å². The maximum atomic E-state index is 2.45. The molecule has 0 radical (unpaired) electrons. The molecule has 276 valence electrons. The second-order valence-electron chi connectivity index (χ2n) is 15.2. The van der Waals surface area contributed by atoms with Crippen LogP contribution >= 0.6 is 0 Å². The SMILES string of the molecule is c1ccc(-c2ccc(N(c3ccc(-c4cccc5ccccc45)cc3)c3ccc4c(c3)c(-c3ccccc3)c(-c3ccccc3)c3ccccc34)c3ccccc23)cc1. The van der Waals surface area contributed by atoms with Gasteiger partial charge in [-0.3, -0.25) is 0 Å². The minimum absolute atomic E-state index is 1.09. The maximum Gasteiger partial charge on any atom is 0.0540 e. The van der Waals surface area contributed by atoms with Crippen LogP contribution in [0, 0.1) is 0 Å². The van der Waals surface area contributed by atoms with Gasteiger partial charge in [0.05, 0.1) is 5.69 Å². The average Bonchev–Trinajstić information content (AvgIpc) is 3.32. The highest BCUT2D eigenvalue weighted by molar-refractivity contribution is 6.22. The summed E-state index contributed by atoms with van der Waals surface area (Å²) in [7, 11) is 0. The summed E-state index contributed by atoms with van der Waals surface area (Å²) in [5.41, 5.74) is 13.1. The molecule has 0 N–H and O–H groups in total. The molecule has 11 aromatic rings. The largest absolute Gasteiger partial charge is 0.310 e. The lowest BCUT2D eigenvalue weighted by Gasteiger charge is -2.29. The summed E-state index contributed by atoms with van der Waals surface area (Å²) < 4.78 is 0. The molecular weight excluding hydrogens is 711 g/mol. The molecule has 0 unspecified atom stereocenters. The number of rotatable bonds is 7. The fourth-order valence-corrected chi connectivity index (χ4v) is 9.17. The van der Waals surface area contributed by atoms with Crippen molar-refractivity contribution >= 4 is 60.2 Å². The molecule has 0 heterocycles. The van der Waals surface area contributed by atoms with Crippen LogP contribution in [0.5, 0.6) is 0 Å². The maximum absolute atomic E-state index is 2.45. The minimum Gasteiger partial charge on any atom is -0.310 e. The summed E-state index contributed by atoms with van der Waals surface area (Å²) in [6, 6.07) is 86.3. The van der Waals surface area contributed by atoms with Gasteiger partial charge in [-0.2, -0.15) is 0 Å². The van der Waals surface area contributed by atoms with Gasteiger partial charge < -0.3 is 4.90 Å². The molecular formula is C58H39N. The minimum atomic E-state index is 1.09. The van der Waals surface area contributed by atoms with Gasteiger partial charge in [-0.15, -0.1) is 0 Å². The predicted octanol–water partition coefficient (Wildman–Crippen LogP) is 16.4. The van der Waals surface area contributed by atoms with Crippen molar-refractivity contribution in [2.75, 3.05) is 4.90 Å². The molecule has 1 nitrogen and oxygen atoms in total. The molecule has 0 atom stereocenters. The van der Waals surface area contributed by atoms with E-state index in [9.17, 15) is 0 Å². The van der Waals surface area contributed by atoms with Crippen LogP contribution in [-0.2, 0) is 0 Å². The van der Waals surface area contributed by atoms with Crippen molar-refractivity contribution in [3.8, 4) is 44.5 Å². The molecule has 0 amide bonds. The molecule has 0 aliphatic heterocycles. The van der Waals surface area contributed by atoms with Crippen LogP contribution in [0.25, 0.3) is 87.6 Å². The normalized spacial score (nSPS) is 11.4. The molecule has 0 saturated heterocycles. The molecule has 0 saturated carbocycles. The van der Waals surface area contributed by atoms with E-state index in [4.69, 9.17) is 0 Å². The lowest BCUT2D eigenvalue weighted by atomic mass is 9.85. The smallest absolute Gasteiger partial charge is 0.0540 e. The first-order valence-electron chi connectivity index (χ1n) is 20.3. The Labute approximate surface area is 344 Å². The first-order chi connectivity index (χ1) is 29.3. The van der Waals surface area contributed by atoms with Crippen LogP contribution in [0.4, 0.5) is 17.1 Å². The van der Waals surface area contributed by atoms with Gasteiger partial charge in [0.25, 0.3) is 0 Å². The van der Waals surface area contributed by atoms with E-state index in [0.29, 0.717) is 0 Å². The van der Waals surface area contributed by atoms with Crippen LogP contribution < -0.4 is 4.90 Å². The highest BCUT2D eigenvalue weighted by Gasteiger charge is 2.22. The Balaban J connectivity index is 1.19. The van der Waals surface area contributed by atoms with Crippen LogP contribution in [0.1, 0.15) is 0 Å². The van der Waals surface area contributed by atoms with E-state index < -0.39 is 0 Å². The van der Waals surface area contributed by atoms with Gasteiger partial charge in [-0.1, -0.05) is 206 Å². The lowest BCUT2D eigenvalue weighted by Crippen LogP contribution is -2.11. The Kier molecular flexibility index (Phi) is 8.56. The fraction of sp³-hybridized carbons (Fsp3) is 0. The van der Waals surface area contributed by atoms with Gasteiger partial charge in [0.2, 0.25) is 0 Å². The zero-order valence-electron chi connectivity index (χ0n) is 32.5. The number of hydrogen-bond donors (Lipinski definition) is 0. The summed E-state index contributed by atoms with van der Waals surface area (Å²) in [4.78, 5) is 2.45. The Hall–Kier alpha value is -7.74. The Morgan fingerprint density at radius 2 is 0.712 bits per heavy atom. The topological polar surface area (TPSA) is 3.24 Å². The van der Waals surface area contributed by atoms with E-state index in [0.717, 1.165) is 17.1 Å². The van der Waals surface area contributed by atoms with E-state index in [1.165, 1.54) is 87.6 Å². The monoisotopic (exact) mass is 749 g/mol. The van der Waals surface area contributed by atoms with Gasteiger partial charge in [0, 0.05) is 16.8 Å². The van der Waals surface area contributed by atoms with Crippen molar-refractivity contribution in [1.82, 2.24) is 0 Å². The zero-order valence-corrected chi connectivity index (χ0v) is 32.5. The van der Waals surface area contributed by atoms with Crippen molar-refractivity contribution in [3.05, 3.63) is 237 Å². The van der Waals surface area contributed by atoms with Crippen LogP contribution in [-0.4, -0.2) is 0 Å². The van der Waals surface area contributed by atoms with Gasteiger partial charge in [0.15, 0.2) is 0 Å². The average molecular weight is 750 g/mol. The summed E-state index contributed by atoms with van der Waals surface area (Å²) in [6.07, 6.45) is 0. The Morgan fingerprint density at radius 3 is 1.41 bits per heavy atom. The summed E-state index contributed by atoms with van der Waals surface area (Å²) in [5.74, 6) is 0. The third kappa shape index (κ3) is 6.04. The molecule has 0 fully saturated rings. The first-order valence-corrected chi connectivity index (χ1v) is 20.3. The molecule has 0 aliphatic carbocycles. The molecule has 1 heteroatoms. The third-order valence-corrected chi connectivity index (χ3v) is 11.8. The van der Waals surface area contributed by atoms with E-state index in [2.05, 4.69) is 241 Å². The van der Waals surface area contributed by atoms with Gasteiger partial charge in [0.1, 0.15) is 0 Å². The van der Waals surface area contributed by atoms with E-state index in [1.807, 2.05) is 0 Å². The zero-order chi connectivity index (χ0) is 39.1. The molecule has 0 aliphatic rings. The molecule has 11 rings (SSSR count). The van der Waals surface area contributed by atoms with E-state index in [-0.39, 0.29) is 0 Å². The van der Waals surface area contributed by atoms with Crippen LogP contribution in [0.15, 0.2) is 237 Å². The summed E-state index contributed by atoms with van der Waals surface area (Å²) in [6.45, 7) is 0. The molecule has 11 aromatic carbocycles. The standard InChI is InChI=1S/C58H39N/c1-4-17-40(18-5-1)49-37-38-56(53-28-14-12-26-50(49)53)59(45-33-31-42(32-34-45)48-30-16-24-41-19-10-11-25-47(41)48)46-35-36-52-51-27-13-15-29-54(51)57(43-20-6-2-7-21-43)58(55(52)39-46)44-22-8-3-9-23-44/h1-39H. The Morgan fingerprint density at radius 1 is 0.237 bits per heavy atom. The van der Waals surface area contributed by atoms with Crippen molar-refractivity contribution in [3.63, 3.8) is 0 Å². The van der Waals surface area contributed by atoms with Crippen molar-refractivity contribution in [2.45, 2.75) is 0 Å². The van der Waals surface area contributed by atoms with Crippen LogP contribution in [0.2, 0.25) is 0 Å². The quantitative estimate of drug-likeness (QED) is 0.147. The highest BCUT2D eigenvalue weighted by atomic mass is 15.1. The molecule has 0 bridgehead atoms. The van der Waals surface area contributed by atoms with Crippen LogP contribution in [0.3, 0.4) is 0 Å². The molecule has 0 aromatic heterocycles. The predicted molar refractivity (Wildman–Crippen MR) is 253 cm³/mol. The lowest BCUT2D eigenvalue weighted by molar-refractivity contribution is 1.30. The van der Waals surface area contributed by atoms with Gasteiger partial charge in [-0.25, -0.2) is 0 Å². The second kappa shape index (κ2) is 14.6. The Bertz CT molecular complexity index is 3290. The van der Waals surface area contributed by atoms with Gasteiger partial charge >= 0.3 is 0 Å². The number of anilines is 3. The second-order valence-corrected chi connectivity index (χ2v) is 15.2. The number of nitrogens with zero attached hydrogens (tertiary/aromatic N) is 1. The third-order valence-electron chi connectivity index (χ3n) is 11.8. The number of hydrogen-bond acceptors (Lipinski definition) is 1. The first kappa shape index (κ1) is 34.5.